The van der Waals surface area contributed by atoms with Crippen LogP contribution < -0.4 is 0 Å². The Morgan fingerprint density at radius 3 is 2.65 bits per heavy atom. The maximum Gasteiger partial charge on any atom is 0.117 e. The number of aryl methyl sites for hydroxylation is 1. The van der Waals surface area contributed by atoms with Gasteiger partial charge in [0.25, 0.3) is 0 Å². The molecule has 0 spiro atoms. The van der Waals surface area contributed by atoms with E-state index in [2.05, 4.69) is 36.2 Å². The fourth-order valence-electron chi connectivity index (χ4n) is 1.96. The summed E-state index contributed by atoms with van der Waals surface area (Å²) in [7, 11) is 0. The van der Waals surface area contributed by atoms with Gasteiger partial charge in [-0.25, -0.2) is 4.98 Å². The molecule has 0 aliphatic heterocycles. The van der Waals surface area contributed by atoms with Gasteiger partial charge in [-0.05, 0) is 48.4 Å². The van der Waals surface area contributed by atoms with Crippen molar-refractivity contribution in [3.8, 4) is 6.07 Å². The van der Waals surface area contributed by atoms with E-state index in [-0.39, 0.29) is 0 Å². The van der Waals surface area contributed by atoms with Gasteiger partial charge in [0.05, 0.1) is 21.8 Å². The molecule has 0 fully saturated rings. The molecule has 0 saturated heterocycles. The topological polar surface area (TPSA) is 36.7 Å². The second-order valence-electron chi connectivity index (χ2n) is 4.59. The Morgan fingerprint density at radius 2 is 1.90 bits per heavy atom. The van der Waals surface area contributed by atoms with Crippen LogP contribution >= 0.6 is 11.3 Å². The lowest BCUT2D eigenvalue weighted by Crippen LogP contribution is -1.75. The Hall–Kier alpha value is -2.44. The molecule has 0 atom stereocenters. The maximum atomic E-state index is 8.76. The Balaban J connectivity index is 1.88. The summed E-state index contributed by atoms with van der Waals surface area (Å²) in [5.74, 6) is 0. The normalized spacial score (nSPS) is 11.0. The van der Waals surface area contributed by atoms with Gasteiger partial charge in [-0.3, -0.25) is 0 Å². The first-order valence-corrected chi connectivity index (χ1v) is 7.12. The number of aromatic nitrogens is 1. The molecule has 0 N–H and O–H groups in total. The molecule has 3 heteroatoms. The molecule has 2 nitrogen and oxygen atoms in total. The average Bonchev–Trinajstić information content (AvgIpc) is 2.87. The molecule has 2 aromatic carbocycles. The number of nitrogens with zero attached hydrogens (tertiary/aromatic N) is 2. The smallest absolute Gasteiger partial charge is 0.117 e. The first-order chi connectivity index (χ1) is 9.74. The average molecular weight is 276 g/mol. The minimum atomic E-state index is 0.678. The van der Waals surface area contributed by atoms with Crippen molar-refractivity contribution in [2.24, 2.45) is 0 Å². The second kappa shape index (κ2) is 5.28. The number of rotatable bonds is 2. The Kier molecular flexibility index (Phi) is 3.32. The molecule has 0 aliphatic carbocycles. The summed E-state index contributed by atoms with van der Waals surface area (Å²) >= 11 is 1.68. The zero-order chi connectivity index (χ0) is 13.9. The van der Waals surface area contributed by atoms with E-state index in [4.69, 9.17) is 5.26 Å². The van der Waals surface area contributed by atoms with Gasteiger partial charge in [0.2, 0.25) is 0 Å². The molecule has 0 radical (unpaired) electrons. The molecule has 3 aromatic rings. The molecular weight excluding hydrogens is 264 g/mol. The highest BCUT2D eigenvalue weighted by Gasteiger charge is 2.01. The summed E-state index contributed by atoms with van der Waals surface area (Å²) in [6, 6.07) is 16.0. The van der Waals surface area contributed by atoms with Crippen LogP contribution in [0.4, 0.5) is 0 Å². The number of benzene rings is 2. The quantitative estimate of drug-likeness (QED) is 0.683. The molecule has 1 heterocycles. The first-order valence-electron chi connectivity index (χ1n) is 6.30. The molecule has 0 saturated carbocycles. The standard InChI is InChI=1S/C17H12N2S/c1-12-2-8-16-15(10-12)19-17(20-16)9-7-13-3-5-14(11-18)6-4-13/h2-10H,1H3/b9-7+. The van der Waals surface area contributed by atoms with Crippen LogP contribution in [0.25, 0.3) is 22.4 Å². The van der Waals surface area contributed by atoms with Gasteiger partial charge in [-0.1, -0.05) is 24.3 Å². The molecular formula is C17H12N2S. The van der Waals surface area contributed by atoms with Gasteiger partial charge in [-0.2, -0.15) is 5.26 Å². The number of hydrogen-bond acceptors (Lipinski definition) is 3. The van der Waals surface area contributed by atoms with E-state index in [0.717, 1.165) is 16.1 Å². The van der Waals surface area contributed by atoms with E-state index >= 15 is 0 Å². The first kappa shape index (κ1) is 12.6. The van der Waals surface area contributed by atoms with Crippen LogP contribution in [0.1, 0.15) is 21.7 Å². The molecule has 20 heavy (non-hydrogen) atoms. The van der Waals surface area contributed by atoms with Crippen molar-refractivity contribution in [3.05, 3.63) is 64.2 Å². The predicted molar refractivity (Wildman–Crippen MR) is 84.4 cm³/mol. The zero-order valence-electron chi connectivity index (χ0n) is 11.0. The highest BCUT2D eigenvalue weighted by molar-refractivity contribution is 7.19. The Labute approximate surface area is 121 Å². The zero-order valence-corrected chi connectivity index (χ0v) is 11.8. The summed E-state index contributed by atoms with van der Waals surface area (Å²) in [5.41, 5.74) is 4.02. The van der Waals surface area contributed by atoms with Gasteiger partial charge in [0.15, 0.2) is 0 Å². The van der Waals surface area contributed by atoms with Crippen LogP contribution in [-0.4, -0.2) is 4.98 Å². The number of fused-ring (bicyclic) bond motifs is 1. The summed E-state index contributed by atoms with van der Waals surface area (Å²) in [6.07, 6.45) is 4.03. The monoisotopic (exact) mass is 276 g/mol. The van der Waals surface area contributed by atoms with Crippen molar-refractivity contribution in [2.45, 2.75) is 6.92 Å². The van der Waals surface area contributed by atoms with Crippen molar-refractivity contribution in [3.63, 3.8) is 0 Å². The molecule has 96 valence electrons. The molecule has 0 aliphatic rings. The minimum absolute atomic E-state index is 0.678. The van der Waals surface area contributed by atoms with Crippen molar-refractivity contribution in [2.75, 3.05) is 0 Å². The van der Waals surface area contributed by atoms with Gasteiger partial charge in [0.1, 0.15) is 5.01 Å². The van der Waals surface area contributed by atoms with Crippen LogP contribution in [0.2, 0.25) is 0 Å². The number of thiazole rings is 1. The summed E-state index contributed by atoms with van der Waals surface area (Å²) in [6.45, 7) is 2.07. The van der Waals surface area contributed by atoms with E-state index < -0.39 is 0 Å². The number of nitriles is 1. The fraction of sp³-hybridized carbons (Fsp3) is 0.0588. The summed E-state index contributed by atoms with van der Waals surface area (Å²) < 4.78 is 1.20. The lowest BCUT2D eigenvalue weighted by atomic mass is 10.1. The molecule has 0 amide bonds. The van der Waals surface area contributed by atoms with E-state index in [1.165, 1.54) is 10.3 Å². The fourth-order valence-corrected chi connectivity index (χ4v) is 2.81. The minimum Gasteiger partial charge on any atom is -0.237 e. The highest BCUT2D eigenvalue weighted by atomic mass is 32.1. The van der Waals surface area contributed by atoms with E-state index in [9.17, 15) is 0 Å². The molecule has 0 unspecified atom stereocenters. The van der Waals surface area contributed by atoms with Crippen molar-refractivity contribution >= 4 is 33.7 Å². The Bertz CT molecular complexity index is 820. The predicted octanol–water partition coefficient (Wildman–Crippen LogP) is 4.65. The third-order valence-electron chi connectivity index (χ3n) is 3.02. The SMILES string of the molecule is Cc1ccc2sc(/C=C/c3ccc(C#N)cc3)nc2c1. The maximum absolute atomic E-state index is 8.76. The van der Waals surface area contributed by atoms with Crippen LogP contribution in [0.15, 0.2) is 42.5 Å². The van der Waals surface area contributed by atoms with Gasteiger partial charge in [-0.15, -0.1) is 11.3 Å². The summed E-state index contributed by atoms with van der Waals surface area (Å²) in [4.78, 5) is 4.60. The highest BCUT2D eigenvalue weighted by Crippen LogP contribution is 2.24. The molecule has 0 bridgehead atoms. The van der Waals surface area contributed by atoms with Gasteiger partial charge in [0, 0.05) is 0 Å². The third kappa shape index (κ3) is 2.61. The third-order valence-corrected chi connectivity index (χ3v) is 4.02. The molecule has 3 rings (SSSR count). The van der Waals surface area contributed by atoms with Crippen LogP contribution in [0.3, 0.4) is 0 Å². The largest absolute Gasteiger partial charge is 0.237 e. The van der Waals surface area contributed by atoms with Crippen molar-refractivity contribution in [1.82, 2.24) is 4.98 Å². The van der Waals surface area contributed by atoms with E-state index in [0.29, 0.717) is 5.56 Å². The van der Waals surface area contributed by atoms with Crippen LogP contribution in [-0.2, 0) is 0 Å². The molecule has 1 aromatic heterocycles. The van der Waals surface area contributed by atoms with Crippen LogP contribution in [0, 0.1) is 18.3 Å². The lowest BCUT2D eigenvalue weighted by molar-refractivity contribution is 1.43. The van der Waals surface area contributed by atoms with Crippen molar-refractivity contribution in [1.29, 1.82) is 5.26 Å². The van der Waals surface area contributed by atoms with Gasteiger partial charge >= 0.3 is 0 Å². The second-order valence-corrected chi connectivity index (χ2v) is 5.65. The van der Waals surface area contributed by atoms with E-state index in [1.807, 2.05) is 36.4 Å². The van der Waals surface area contributed by atoms with Crippen LogP contribution in [0.5, 0.6) is 0 Å². The van der Waals surface area contributed by atoms with E-state index in [1.54, 1.807) is 11.3 Å². The van der Waals surface area contributed by atoms with Crippen molar-refractivity contribution < 1.29 is 0 Å². The number of hydrogen-bond donors (Lipinski definition) is 0. The Morgan fingerprint density at radius 1 is 1.10 bits per heavy atom. The van der Waals surface area contributed by atoms with Gasteiger partial charge < -0.3 is 0 Å². The lowest BCUT2D eigenvalue weighted by Gasteiger charge is -1.92. The summed E-state index contributed by atoms with van der Waals surface area (Å²) in [5, 5.41) is 9.76.